The lowest BCUT2D eigenvalue weighted by Gasteiger charge is -2.05. The summed E-state index contributed by atoms with van der Waals surface area (Å²) < 4.78 is 33.2. The number of aromatic nitrogens is 1. The highest BCUT2D eigenvalue weighted by Crippen LogP contribution is 2.23. The van der Waals surface area contributed by atoms with Crippen molar-refractivity contribution in [3.05, 3.63) is 52.3 Å². The van der Waals surface area contributed by atoms with Crippen LogP contribution in [0.5, 0.6) is 5.75 Å². The van der Waals surface area contributed by atoms with E-state index in [1.54, 1.807) is 12.1 Å². The van der Waals surface area contributed by atoms with Crippen molar-refractivity contribution in [2.75, 3.05) is 12.9 Å². The SMILES string of the molecule is CCn1c(=NC(=O)CCCS(=O)(=O)c2ccc(OC)cc2)sc2c(C)cc(C)cc21. The van der Waals surface area contributed by atoms with Crippen LogP contribution in [0.15, 0.2) is 46.3 Å². The normalized spacial score (nSPS) is 12.5. The Morgan fingerprint density at radius 3 is 2.50 bits per heavy atom. The van der Waals surface area contributed by atoms with E-state index in [4.69, 9.17) is 4.74 Å². The molecule has 1 aromatic heterocycles. The van der Waals surface area contributed by atoms with E-state index < -0.39 is 9.84 Å². The van der Waals surface area contributed by atoms with Gasteiger partial charge in [-0.2, -0.15) is 4.99 Å². The maximum absolute atomic E-state index is 12.5. The molecule has 0 N–H and O–H groups in total. The third kappa shape index (κ3) is 4.82. The van der Waals surface area contributed by atoms with Gasteiger partial charge >= 0.3 is 0 Å². The molecule has 0 aliphatic rings. The van der Waals surface area contributed by atoms with Gasteiger partial charge in [0.25, 0.3) is 0 Å². The third-order valence-corrected chi connectivity index (χ3v) is 7.92. The van der Waals surface area contributed by atoms with Crippen LogP contribution < -0.4 is 9.54 Å². The van der Waals surface area contributed by atoms with Crippen LogP contribution in [0.4, 0.5) is 0 Å². The fourth-order valence-corrected chi connectivity index (χ4v) is 5.85. The average molecular weight is 447 g/mol. The topological polar surface area (TPSA) is 77.7 Å². The van der Waals surface area contributed by atoms with Crippen LogP contribution in [-0.2, 0) is 21.2 Å². The summed E-state index contributed by atoms with van der Waals surface area (Å²) in [5, 5.41) is 0. The second-order valence-electron chi connectivity index (χ2n) is 7.16. The summed E-state index contributed by atoms with van der Waals surface area (Å²) in [6.45, 7) is 6.84. The Hall–Kier alpha value is -2.45. The van der Waals surface area contributed by atoms with E-state index >= 15 is 0 Å². The maximum Gasteiger partial charge on any atom is 0.248 e. The van der Waals surface area contributed by atoms with Crippen molar-refractivity contribution in [1.82, 2.24) is 4.57 Å². The molecule has 6 nitrogen and oxygen atoms in total. The lowest BCUT2D eigenvalue weighted by Crippen LogP contribution is -2.16. The average Bonchev–Trinajstić information content (AvgIpc) is 3.05. The van der Waals surface area contributed by atoms with Gasteiger partial charge in [0, 0.05) is 13.0 Å². The molecular formula is C22H26N2O4S2. The van der Waals surface area contributed by atoms with E-state index in [-0.39, 0.29) is 29.4 Å². The summed E-state index contributed by atoms with van der Waals surface area (Å²) in [6, 6.07) is 10.5. The third-order valence-electron chi connectivity index (χ3n) is 4.87. The molecule has 0 spiro atoms. The van der Waals surface area contributed by atoms with Crippen LogP contribution in [0.1, 0.15) is 30.9 Å². The largest absolute Gasteiger partial charge is 0.497 e. The Bertz CT molecular complexity index is 1240. The number of hydrogen-bond acceptors (Lipinski definition) is 5. The van der Waals surface area contributed by atoms with Gasteiger partial charge in [-0.05, 0) is 68.7 Å². The Balaban J connectivity index is 1.74. The van der Waals surface area contributed by atoms with Crippen LogP contribution in [0, 0.1) is 13.8 Å². The molecule has 3 rings (SSSR count). The first-order valence-corrected chi connectivity index (χ1v) is 12.3. The molecule has 3 aromatic rings. The van der Waals surface area contributed by atoms with Crippen molar-refractivity contribution < 1.29 is 17.9 Å². The number of carbonyl (C=O) groups is 1. The van der Waals surface area contributed by atoms with Gasteiger partial charge in [-0.25, -0.2) is 8.42 Å². The second-order valence-corrected chi connectivity index (χ2v) is 10.2. The minimum absolute atomic E-state index is 0.0886. The molecule has 30 heavy (non-hydrogen) atoms. The summed E-state index contributed by atoms with van der Waals surface area (Å²) in [6.07, 6.45) is 0.317. The van der Waals surface area contributed by atoms with Crippen molar-refractivity contribution in [1.29, 1.82) is 0 Å². The first-order valence-electron chi connectivity index (χ1n) is 9.80. The number of carbonyl (C=O) groups excluding carboxylic acids is 1. The number of thiazole rings is 1. The first-order chi connectivity index (χ1) is 14.2. The molecule has 8 heteroatoms. The Morgan fingerprint density at radius 1 is 1.17 bits per heavy atom. The van der Waals surface area contributed by atoms with Crippen LogP contribution >= 0.6 is 11.3 Å². The number of fused-ring (bicyclic) bond motifs is 1. The van der Waals surface area contributed by atoms with E-state index in [2.05, 4.69) is 31.0 Å². The van der Waals surface area contributed by atoms with Crippen molar-refractivity contribution in [3.8, 4) is 5.75 Å². The van der Waals surface area contributed by atoms with Crippen molar-refractivity contribution in [3.63, 3.8) is 0 Å². The Kier molecular flexibility index (Phi) is 6.77. The van der Waals surface area contributed by atoms with Crippen molar-refractivity contribution in [2.45, 2.75) is 45.1 Å². The quantitative estimate of drug-likeness (QED) is 0.549. The van der Waals surface area contributed by atoms with Crippen LogP contribution in [-0.4, -0.2) is 31.8 Å². The van der Waals surface area contributed by atoms with Crippen LogP contribution in [0.3, 0.4) is 0 Å². The van der Waals surface area contributed by atoms with Gasteiger partial charge < -0.3 is 9.30 Å². The second kappa shape index (κ2) is 9.14. The minimum Gasteiger partial charge on any atom is -0.497 e. The van der Waals surface area contributed by atoms with Gasteiger partial charge in [0.2, 0.25) is 5.91 Å². The number of rotatable bonds is 7. The number of ether oxygens (including phenoxy) is 1. The van der Waals surface area contributed by atoms with E-state index in [1.165, 1.54) is 36.1 Å². The molecular weight excluding hydrogens is 420 g/mol. The molecule has 0 aliphatic heterocycles. The number of aryl methyl sites for hydroxylation is 3. The smallest absolute Gasteiger partial charge is 0.248 e. The van der Waals surface area contributed by atoms with Gasteiger partial charge in [-0.15, -0.1) is 0 Å². The molecule has 0 radical (unpaired) electrons. The van der Waals surface area contributed by atoms with Gasteiger partial charge in [0.1, 0.15) is 5.75 Å². The lowest BCUT2D eigenvalue weighted by molar-refractivity contribution is -0.118. The van der Waals surface area contributed by atoms with Crippen LogP contribution in [0.2, 0.25) is 0 Å². The van der Waals surface area contributed by atoms with E-state index in [1.807, 2.05) is 11.5 Å². The highest BCUT2D eigenvalue weighted by Gasteiger charge is 2.15. The number of methoxy groups -OCH3 is 1. The van der Waals surface area contributed by atoms with Crippen molar-refractivity contribution >= 4 is 37.3 Å². The molecule has 2 aromatic carbocycles. The first kappa shape index (κ1) is 22.2. The Labute approximate surface area is 180 Å². The lowest BCUT2D eigenvalue weighted by atomic mass is 10.1. The fourth-order valence-electron chi connectivity index (χ4n) is 3.38. The molecule has 1 heterocycles. The summed E-state index contributed by atoms with van der Waals surface area (Å²) in [5.41, 5.74) is 3.41. The molecule has 0 fully saturated rings. The Morgan fingerprint density at radius 2 is 1.87 bits per heavy atom. The monoisotopic (exact) mass is 446 g/mol. The maximum atomic E-state index is 12.5. The molecule has 1 amide bonds. The minimum atomic E-state index is -3.45. The molecule has 0 atom stereocenters. The summed E-state index contributed by atoms with van der Waals surface area (Å²) in [5.74, 6) is 0.197. The van der Waals surface area contributed by atoms with Gasteiger partial charge in [-0.3, -0.25) is 4.79 Å². The highest BCUT2D eigenvalue weighted by molar-refractivity contribution is 7.91. The number of nitrogens with zero attached hydrogens (tertiary/aromatic N) is 2. The zero-order valence-corrected chi connectivity index (χ0v) is 19.3. The molecule has 0 saturated heterocycles. The molecule has 0 unspecified atom stereocenters. The number of hydrogen-bond donors (Lipinski definition) is 0. The predicted molar refractivity (Wildman–Crippen MR) is 120 cm³/mol. The van der Waals surface area contributed by atoms with E-state index in [0.717, 1.165) is 15.8 Å². The fraction of sp³-hybridized carbons (Fsp3) is 0.364. The zero-order valence-electron chi connectivity index (χ0n) is 17.6. The van der Waals surface area contributed by atoms with Crippen LogP contribution in [0.25, 0.3) is 10.2 Å². The molecule has 0 saturated carbocycles. The summed E-state index contributed by atoms with van der Waals surface area (Å²) in [4.78, 5) is 17.6. The number of amides is 1. The molecule has 0 bridgehead atoms. The zero-order chi connectivity index (χ0) is 21.9. The molecule has 0 aliphatic carbocycles. The standard InChI is InChI=1S/C22H26N2O4S2/c1-5-24-19-14-15(2)13-16(3)21(19)29-22(24)23-20(25)7-6-12-30(26,27)18-10-8-17(28-4)9-11-18/h8-11,13-14H,5-7,12H2,1-4H3. The summed E-state index contributed by atoms with van der Waals surface area (Å²) in [7, 11) is -1.92. The predicted octanol–water partition coefficient (Wildman–Crippen LogP) is 4.03. The summed E-state index contributed by atoms with van der Waals surface area (Å²) >= 11 is 1.50. The van der Waals surface area contributed by atoms with E-state index in [9.17, 15) is 13.2 Å². The van der Waals surface area contributed by atoms with E-state index in [0.29, 0.717) is 17.1 Å². The number of benzene rings is 2. The molecule has 160 valence electrons. The van der Waals surface area contributed by atoms with Gasteiger partial charge in [-0.1, -0.05) is 17.4 Å². The van der Waals surface area contributed by atoms with Crippen molar-refractivity contribution in [2.24, 2.45) is 4.99 Å². The highest BCUT2D eigenvalue weighted by atomic mass is 32.2. The van der Waals surface area contributed by atoms with Gasteiger partial charge in [0.15, 0.2) is 14.6 Å². The number of sulfone groups is 1. The van der Waals surface area contributed by atoms with Gasteiger partial charge in [0.05, 0.1) is 28.0 Å².